The number of rotatable bonds is 6. The van der Waals surface area contributed by atoms with Crippen LogP contribution in [-0.2, 0) is 9.26 Å². The summed E-state index contributed by atoms with van der Waals surface area (Å²) >= 11 is 2.65. The van der Waals surface area contributed by atoms with Crippen molar-refractivity contribution < 1.29 is 14.1 Å². The van der Waals surface area contributed by atoms with E-state index < -0.39 is 10.1 Å². The van der Waals surface area contributed by atoms with E-state index in [0.29, 0.717) is 25.6 Å². The van der Waals surface area contributed by atoms with Crippen LogP contribution in [0.15, 0.2) is 91.0 Å². The summed E-state index contributed by atoms with van der Waals surface area (Å²) in [4.78, 5) is 14.4. The molecule has 0 spiro atoms. The van der Waals surface area contributed by atoms with Crippen molar-refractivity contribution in [3.8, 4) is 0 Å². The summed E-state index contributed by atoms with van der Waals surface area (Å²) in [5.74, 6) is 0.376. The molecule has 0 saturated carbocycles. The van der Waals surface area contributed by atoms with Gasteiger partial charge in [-0.15, -0.1) is 0 Å². The maximum absolute atomic E-state index is 12.5. The van der Waals surface area contributed by atoms with E-state index in [-0.39, 0.29) is 6.09 Å². The maximum atomic E-state index is 12.5. The number of halogens is 1. The second-order valence-electron chi connectivity index (χ2n) is 10.1. The Morgan fingerprint density at radius 1 is 0.829 bits per heavy atom. The van der Waals surface area contributed by atoms with Crippen molar-refractivity contribution in [3.63, 3.8) is 0 Å². The summed E-state index contributed by atoms with van der Waals surface area (Å²) in [6.07, 6.45) is 1.59. The molecule has 4 nitrogen and oxygen atoms in total. The zero-order valence-corrected chi connectivity index (χ0v) is 23.8. The minimum absolute atomic E-state index is 0.219. The quantitative estimate of drug-likeness (QED) is 0.241. The molecule has 0 aromatic heterocycles. The van der Waals surface area contributed by atoms with E-state index in [0.717, 1.165) is 12.8 Å². The second-order valence-corrected chi connectivity index (χ2v) is 19.3. The Kier molecular flexibility index (Phi) is 7.89. The summed E-state index contributed by atoms with van der Waals surface area (Å²) in [6, 6.07) is 32.0. The first-order valence-electron chi connectivity index (χ1n) is 12.2. The first-order valence-corrected chi connectivity index (χ1v) is 17.2. The van der Waals surface area contributed by atoms with Crippen LogP contribution >= 0.6 is 26.5 Å². The van der Waals surface area contributed by atoms with E-state index in [1.54, 1.807) is 0 Å². The second kappa shape index (κ2) is 10.6. The van der Waals surface area contributed by atoms with Crippen molar-refractivity contribution in [1.29, 1.82) is 0 Å². The first-order chi connectivity index (χ1) is 16.7. The third kappa shape index (κ3) is 5.58. The van der Waals surface area contributed by atoms with Gasteiger partial charge >= 0.3 is 223 Å². The molecule has 186 valence electrons. The van der Waals surface area contributed by atoms with Gasteiger partial charge in [-0.25, -0.2) is 0 Å². The number of hydrogen-bond donors (Lipinski definition) is 0. The number of hydrogen-bond acceptors (Lipinski definition) is 3. The van der Waals surface area contributed by atoms with Gasteiger partial charge in [0, 0.05) is 0 Å². The molecule has 0 atom stereocenters. The predicted octanol–water partition coefficient (Wildman–Crippen LogP) is 6.44. The number of ether oxygens (including phenoxy) is 1. The van der Waals surface area contributed by atoms with E-state index >= 15 is 0 Å². The number of carbonyl (C=O) groups excluding carboxylic acids is 1. The molecule has 1 aliphatic rings. The summed E-state index contributed by atoms with van der Waals surface area (Å²) < 4.78 is 9.62. The predicted molar refractivity (Wildman–Crippen MR) is 156 cm³/mol. The van der Waals surface area contributed by atoms with Gasteiger partial charge < -0.3 is 0 Å². The fourth-order valence-corrected chi connectivity index (χ4v) is 11.9. The van der Waals surface area contributed by atoms with Gasteiger partial charge in [0.25, 0.3) is 0 Å². The Morgan fingerprint density at radius 3 is 1.60 bits per heavy atom. The van der Waals surface area contributed by atoms with Crippen molar-refractivity contribution in [2.45, 2.75) is 39.2 Å². The van der Waals surface area contributed by atoms with Gasteiger partial charge in [0.05, 0.1) is 0 Å². The van der Waals surface area contributed by atoms with Gasteiger partial charge in [-0.1, -0.05) is 0 Å². The Bertz CT molecular complexity index is 1010. The van der Waals surface area contributed by atoms with Crippen molar-refractivity contribution in [1.82, 2.24) is 4.90 Å². The van der Waals surface area contributed by atoms with Crippen LogP contribution in [0.2, 0.25) is 0 Å². The minimum atomic E-state index is -3.23. The van der Waals surface area contributed by atoms with Gasteiger partial charge in [-0.2, -0.15) is 0 Å². The number of nitrogens with zero attached hydrogens (tertiary/aromatic N) is 1. The van der Waals surface area contributed by atoms with E-state index in [1.807, 2.05) is 25.7 Å². The summed E-state index contributed by atoms with van der Waals surface area (Å²) in [7, 11) is 0. The molecule has 0 aliphatic carbocycles. The van der Waals surface area contributed by atoms with Crippen LogP contribution in [-0.4, -0.2) is 36.3 Å². The number of amides is 1. The molecule has 3 aromatic rings. The molecular formula is C29H35INO3P. The molecule has 1 fully saturated rings. The first kappa shape index (κ1) is 26.1. The van der Waals surface area contributed by atoms with Crippen LogP contribution in [0.5, 0.6) is 0 Å². The normalized spacial score (nSPS) is 16.3. The number of benzene rings is 3. The Labute approximate surface area is 222 Å². The van der Waals surface area contributed by atoms with Gasteiger partial charge in [0.1, 0.15) is 0 Å². The molecule has 6 heteroatoms. The molecule has 35 heavy (non-hydrogen) atoms. The zero-order chi connectivity index (χ0) is 25.0. The molecule has 1 aliphatic heterocycles. The van der Waals surface area contributed by atoms with Gasteiger partial charge in [0.15, 0.2) is 0 Å². The molecule has 0 radical (unpaired) electrons. The van der Waals surface area contributed by atoms with Crippen molar-refractivity contribution in [2.24, 2.45) is 5.92 Å². The third-order valence-corrected chi connectivity index (χ3v) is 16.6. The summed E-state index contributed by atoms with van der Waals surface area (Å²) in [6.45, 7) is 7.76. The third-order valence-electron chi connectivity index (χ3n) is 6.47. The van der Waals surface area contributed by atoms with Crippen molar-refractivity contribution in [3.05, 3.63) is 91.0 Å². The van der Waals surface area contributed by atoms with Crippen molar-refractivity contribution >= 4 is 48.5 Å². The number of likely N-dealkylation sites (tertiary alicyclic amines) is 1. The molecule has 1 heterocycles. The molecule has 1 amide bonds. The van der Waals surface area contributed by atoms with E-state index in [2.05, 4.69) is 113 Å². The summed E-state index contributed by atoms with van der Waals surface area (Å²) in [5, 5.41) is 3.63. The van der Waals surface area contributed by atoms with E-state index in [9.17, 15) is 4.79 Å². The van der Waals surface area contributed by atoms with E-state index in [4.69, 9.17) is 9.26 Å². The van der Waals surface area contributed by atoms with Crippen LogP contribution in [0.4, 0.5) is 4.79 Å². The number of piperidine rings is 1. The average Bonchev–Trinajstić information content (AvgIpc) is 2.88. The molecule has 4 rings (SSSR count). The zero-order valence-electron chi connectivity index (χ0n) is 20.8. The van der Waals surface area contributed by atoms with Crippen LogP contribution < -0.4 is 15.9 Å². The standard InChI is InChI=1S/C29H35INO3P/c1-29(2,3)34-28(32)31-21-19-24(20-22-31)23-33-35(30,25-13-7-4-8-14-25,26-15-9-5-10-16-26)27-17-11-6-12-18-27/h4-18,24H,19-23H2,1-3H3. The Morgan fingerprint density at radius 2 is 1.23 bits per heavy atom. The molecular weight excluding hydrogens is 568 g/mol. The van der Waals surface area contributed by atoms with Gasteiger partial charge in [-0.05, 0) is 0 Å². The van der Waals surface area contributed by atoms with Crippen LogP contribution in [0, 0.1) is 5.92 Å². The number of carbonyl (C=O) groups is 1. The fraction of sp³-hybridized carbons (Fsp3) is 0.345. The Balaban J connectivity index is 1.63. The van der Waals surface area contributed by atoms with E-state index in [1.165, 1.54) is 15.9 Å². The average molecular weight is 603 g/mol. The fourth-order valence-electron chi connectivity index (χ4n) is 4.61. The Hall–Kier alpha value is -1.95. The molecule has 0 bridgehead atoms. The molecule has 3 aromatic carbocycles. The SMILES string of the molecule is CC(C)(C)OC(=O)N1CCC(COP(I)(c2ccccc2)(c2ccccc2)c2ccccc2)CC1. The van der Waals surface area contributed by atoms with Gasteiger partial charge in [0.2, 0.25) is 0 Å². The van der Waals surface area contributed by atoms with Crippen molar-refractivity contribution in [2.75, 3.05) is 19.7 Å². The molecule has 1 saturated heterocycles. The van der Waals surface area contributed by atoms with Crippen LogP contribution in [0.3, 0.4) is 0 Å². The molecule has 0 unspecified atom stereocenters. The summed E-state index contributed by atoms with van der Waals surface area (Å²) in [5.41, 5.74) is -0.476. The van der Waals surface area contributed by atoms with Crippen LogP contribution in [0.25, 0.3) is 0 Å². The van der Waals surface area contributed by atoms with Crippen LogP contribution in [0.1, 0.15) is 33.6 Å². The van der Waals surface area contributed by atoms with Gasteiger partial charge in [-0.3, -0.25) is 0 Å². The molecule has 0 N–H and O–H groups in total. The topological polar surface area (TPSA) is 38.8 Å². The monoisotopic (exact) mass is 603 g/mol.